The summed E-state index contributed by atoms with van der Waals surface area (Å²) in [5.74, 6) is 0. The van der Waals surface area contributed by atoms with E-state index in [1.807, 2.05) is 48.5 Å². The van der Waals surface area contributed by atoms with Gasteiger partial charge in [-0.2, -0.15) is 19.6 Å². The SMILES string of the molecule is CSc1ccc(/C([S-])=C(/[S-])c2ccc(SC)cc2)cc1.CSc1ccc(/C([S-])=C(/[S-])c2ccc(SC)cc2)cc1.[Ni]. The fourth-order valence-corrected chi connectivity index (χ4v) is 6.14. The molecule has 4 aromatic carbocycles. The Kier molecular flexibility index (Phi) is 16.6. The zero-order valence-electron chi connectivity index (χ0n) is 22.8. The third-order valence-electron chi connectivity index (χ3n) is 5.82. The third kappa shape index (κ3) is 10.7. The average molecular weight is 728 g/mol. The van der Waals surface area contributed by atoms with E-state index in [1.54, 1.807) is 47.0 Å². The number of hydrogen-bond acceptors (Lipinski definition) is 8. The van der Waals surface area contributed by atoms with E-state index in [0.717, 1.165) is 41.9 Å². The van der Waals surface area contributed by atoms with Gasteiger partial charge < -0.3 is 50.5 Å². The van der Waals surface area contributed by atoms with Crippen molar-refractivity contribution in [1.29, 1.82) is 0 Å². The van der Waals surface area contributed by atoms with Gasteiger partial charge in [0.2, 0.25) is 0 Å². The van der Waals surface area contributed by atoms with Gasteiger partial charge in [0, 0.05) is 36.1 Å². The Morgan fingerprint density at radius 1 is 0.341 bits per heavy atom. The van der Waals surface area contributed by atoms with Crippen LogP contribution in [0.4, 0.5) is 0 Å². The minimum absolute atomic E-state index is 0. The molecule has 0 aliphatic rings. The second-order valence-corrected chi connectivity index (χ2v) is 13.4. The summed E-state index contributed by atoms with van der Waals surface area (Å²) in [6.07, 6.45) is 8.24. The molecule has 0 radical (unpaired) electrons. The molecule has 0 N–H and O–H groups in total. The molecular weight excluding hydrogens is 700 g/mol. The van der Waals surface area contributed by atoms with Gasteiger partial charge in [-0.1, -0.05) is 48.5 Å². The molecule has 0 heterocycles. The number of thioether (sulfide) groups is 4. The smallest absolute Gasteiger partial charge is 0.00695 e. The first kappa shape index (κ1) is 36.3. The first-order valence-corrected chi connectivity index (χ1v) is 18.6. The van der Waals surface area contributed by atoms with Crippen molar-refractivity contribution in [2.24, 2.45) is 0 Å². The molecule has 0 fully saturated rings. The predicted molar refractivity (Wildman–Crippen MR) is 196 cm³/mol. The van der Waals surface area contributed by atoms with E-state index in [2.05, 4.69) is 73.6 Å². The average Bonchev–Trinajstić information content (AvgIpc) is 3.03. The van der Waals surface area contributed by atoms with Crippen LogP contribution in [0.5, 0.6) is 0 Å². The second-order valence-electron chi connectivity index (χ2n) is 8.23. The van der Waals surface area contributed by atoms with Crippen LogP contribution in [0, 0.1) is 0 Å². The van der Waals surface area contributed by atoms with Crippen LogP contribution in [0.2, 0.25) is 0 Å². The fraction of sp³-hybridized carbons (Fsp3) is 0.125. The molecule has 218 valence electrons. The Morgan fingerprint density at radius 3 is 0.610 bits per heavy atom. The summed E-state index contributed by atoms with van der Waals surface area (Å²) in [6, 6.07) is 32.9. The molecule has 0 aliphatic carbocycles. The normalized spacial score (nSPS) is 11.8. The van der Waals surface area contributed by atoms with Crippen molar-refractivity contribution in [1.82, 2.24) is 0 Å². The van der Waals surface area contributed by atoms with Gasteiger partial charge in [0.1, 0.15) is 0 Å². The third-order valence-corrected chi connectivity index (χ3v) is 10.8. The van der Waals surface area contributed by atoms with Crippen molar-refractivity contribution in [3.63, 3.8) is 0 Å². The van der Waals surface area contributed by atoms with Crippen LogP contribution in [0.25, 0.3) is 19.6 Å². The number of benzene rings is 4. The van der Waals surface area contributed by atoms with Gasteiger partial charge in [-0.3, -0.25) is 0 Å². The maximum Gasteiger partial charge on any atom is 0.00695 e. The Balaban J connectivity index is 0.000000280. The fourth-order valence-electron chi connectivity index (χ4n) is 3.49. The van der Waals surface area contributed by atoms with Gasteiger partial charge in [0.15, 0.2) is 0 Å². The Labute approximate surface area is 294 Å². The first-order valence-electron chi connectivity index (χ1n) is 12.1. The van der Waals surface area contributed by atoms with Crippen LogP contribution in [0.3, 0.4) is 0 Å². The standard InChI is InChI=1S/2C16H16S4.Ni/c2*1-19-13-7-3-11(4-8-13)15(17)16(18)12-5-9-14(20-2)10-6-12;/h2*3-10,17-18H,1-2H3;/p-4/b2*16-15-;. The van der Waals surface area contributed by atoms with Crippen molar-refractivity contribution in [2.45, 2.75) is 19.6 Å². The van der Waals surface area contributed by atoms with Crippen molar-refractivity contribution in [3.8, 4) is 0 Å². The monoisotopic (exact) mass is 726 g/mol. The zero-order chi connectivity index (χ0) is 29.1. The van der Waals surface area contributed by atoms with Gasteiger partial charge in [-0.15, -0.1) is 47.0 Å². The summed E-state index contributed by atoms with van der Waals surface area (Å²) in [4.78, 5) is 7.88. The minimum atomic E-state index is 0. The van der Waals surface area contributed by atoms with Gasteiger partial charge in [-0.25, -0.2) is 0 Å². The maximum absolute atomic E-state index is 5.51. The molecule has 0 saturated heterocycles. The largest absolute Gasteiger partial charge is 0.781 e. The molecule has 4 rings (SSSR count). The van der Waals surface area contributed by atoms with Gasteiger partial charge >= 0.3 is 0 Å². The molecule has 41 heavy (non-hydrogen) atoms. The quantitative estimate of drug-likeness (QED) is 0.0752. The Bertz CT molecular complexity index is 1200. The van der Waals surface area contributed by atoms with Gasteiger partial charge in [0.25, 0.3) is 0 Å². The molecule has 4 aromatic rings. The van der Waals surface area contributed by atoms with Crippen LogP contribution in [0.1, 0.15) is 22.3 Å². The van der Waals surface area contributed by atoms with E-state index >= 15 is 0 Å². The summed E-state index contributed by atoms with van der Waals surface area (Å²) < 4.78 is 0. The summed E-state index contributed by atoms with van der Waals surface area (Å²) in [6.45, 7) is 0. The molecule has 0 nitrogen and oxygen atoms in total. The van der Waals surface area contributed by atoms with Crippen LogP contribution in [-0.4, -0.2) is 25.0 Å². The molecule has 0 spiro atoms. The van der Waals surface area contributed by atoms with E-state index < -0.39 is 0 Å². The number of rotatable bonds is 8. The van der Waals surface area contributed by atoms with Crippen molar-refractivity contribution in [2.75, 3.05) is 25.0 Å². The molecule has 0 amide bonds. The van der Waals surface area contributed by atoms with Crippen molar-refractivity contribution >= 4 is 117 Å². The van der Waals surface area contributed by atoms with Crippen LogP contribution in [-0.2, 0) is 67.0 Å². The molecule has 9 heteroatoms. The first-order chi connectivity index (χ1) is 19.3. The molecular formula is C32H28NiS8-4. The summed E-state index contributed by atoms with van der Waals surface area (Å²) in [7, 11) is 0. The molecule has 0 saturated carbocycles. The van der Waals surface area contributed by atoms with Crippen LogP contribution < -0.4 is 0 Å². The summed E-state index contributed by atoms with van der Waals surface area (Å²) in [5, 5.41) is 0. The van der Waals surface area contributed by atoms with Gasteiger partial charge in [0.05, 0.1) is 0 Å². The topological polar surface area (TPSA) is 0 Å². The van der Waals surface area contributed by atoms with E-state index in [1.165, 1.54) is 19.6 Å². The molecule has 0 atom stereocenters. The number of hydrogen-bond donors (Lipinski definition) is 0. The predicted octanol–water partition coefficient (Wildman–Crippen LogP) is 10.1. The van der Waals surface area contributed by atoms with E-state index in [4.69, 9.17) is 50.5 Å². The Hall–Kier alpha value is -0.866. The minimum Gasteiger partial charge on any atom is -0.781 e. The molecule has 0 aliphatic heterocycles. The second kappa shape index (κ2) is 18.7. The van der Waals surface area contributed by atoms with E-state index in [9.17, 15) is 0 Å². The van der Waals surface area contributed by atoms with E-state index in [0.29, 0.717) is 0 Å². The van der Waals surface area contributed by atoms with Crippen molar-refractivity contribution < 1.29 is 16.5 Å². The molecule has 0 aromatic heterocycles. The van der Waals surface area contributed by atoms with E-state index in [-0.39, 0.29) is 16.5 Å². The maximum atomic E-state index is 5.51. The van der Waals surface area contributed by atoms with Gasteiger partial charge in [-0.05, 0) is 95.8 Å². The zero-order valence-corrected chi connectivity index (χ0v) is 30.3. The van der Waals surface area contributed by atoms with Crippen molar-refractivity contribution in [3.05, 3.63) is 119 Å². The summed E-state index contributed by atoms with van der Waals surface area (Å²) >= 11 is 28.9. The Morgan fingerprint density at radius 2 is 0.488 bits per heavy atom. The molecule has 0 unspecified atom stereocenters. The van der Waals surface area contributed by atoms with Crippen LogP contribution in [0.15, 0.2) is 117 Å². The summed E-state index contributed by atoms with van der Waals surface area (Å²) in [5.41, 5.74) is 4.04. The molecule has 0 bridgehead atoms. The van der Waals surface area contributed by atoms with Crippen LogP contribution >= 0.6 is 47.0 Å².